The van der Waals surface area contributed by atoms with Crippen molar-refractivity contribution in [3.63, 3.8) is 0 Å². The van der Waals surface area contributed by atoms with Gasteiger partial charge in [0.1, 0.15) is 0 Å². The number of aromatic nitrogens is 2. The zero-order chi connectivity index (χ0) is 14.4. The molecular weight excluding hydrogens is 250 g/mol. The average molecular weight is 273 g/mol. The van der Waals surface area contributed by atoms with E-state index >= 15 is 0 Å². The number of nitrogens with two attached hydrogens (primary N) is 1. The summed E-state index contributed by atoms with van der Waals surface area (Å²) in [5, 5.41) is 4.05. The topological polar surface area (TPSA) is 64.9 Å². The molecule has 20 heavy (non-hydrogen) atoms. The van der Waals surface area contributed by atoms with E-state index < -0.39 is 0 Å². The monoisotopic (exact) mass is 273 g/mol. The molecule has 4 heteroatoms. The Morgan fingerprint density at radius 3 is 2.60 bits per heavy atom. The van der Waals surface area contributed by atoms with Crippen LogP contribution in [0.5, 0.6) is 0 Å². The summed E-state index contributed by atoms with van der Waals surface area (Å²) in [7, 11) is 0. The predicted molar refractivity (Wildman–Crippen MR) is 79.3 cm³/mol. The third-order valence-corrected chi connectivity index (χ3v) is 3.55. The lowest BCUT2D eigenvalue weighted by Crippen LogP contribution is -2.17. The molecule has 0 spiro atoms. The molecule has 2 N–H and O–H groups in total. The quantitative estimate of drug-likeness (QED) is 0.842. The van der Waals surface area contributed by atoms with Gasteiger partial charge in [-0.2, -0.15) is 4.98 Å². The van der Waals surface area contributed by atoms with Crippen molar-refractivity contribution in [3.8, 4) is 0 Å². The van der Waals surface area contributed by atoms with Crippen LogP contribution in [0.1, 0.15) is 44.0 Å². The second-order valence-corrected chi connectivity index (χ2v) is 5.97. The van der Waals surface area contributed by atoms with Gasteiger partial charge >= 0.3 is 0 Å². The second kappa shape index (κ2) is 6.66. The molecule has 108 valence electrons. The van der Waals surface area contributed by atoms with Crippen LogP contribution in [0.4, 0.5) is 0 Å². The second-order valence-electron chi connectivity index (χ2n) is 5.97. The fraction of sp³-hybridized carbons (Fsp3) is 0.500. The van der Waals surface area contributed by atoms with Crippen molar-refractivity contribution in [2.24, 2.45) is 11.1 Å². The molecule has 0 atom stereocenters. The van der Waals surface area contributed by atoms with E-state index in [9.17, 15) is 0 Å². The van der Waals surface area contributed by atoms with Crippen molar-refractivity contribution in [2.45, 2.75) is 39.5 Å². The van der Waals surface area contributed by atoms with Crippen molar-refractivity contribution in [1.82, 2.24) is 10.1 Å². The third-order valence-electron chi connectivity index (χ3n) is 3.55. The molecule has 0 aliphatic rings. The molecule has 0 aliphatic heterocycles. The maximum Gasteiger partial charge on any atom is 0.226 e. The fourth-order valence-electron chi connectivity index (χ4n) is 2.20. The average Bonchev–Trinajstić information content (AvgIpc) is 2.85. The van der Waals surface area contributed by atoms with Gasteiger partial charge in [0.15, 0.2) is 5.82 Å². The summed E-state index contributed by atoms with van der Waals surface area (Å²) < 4.78 is 5.32. The number of hydrogen-bond donors (Lipinski definition) is 1. The van der Waals surface area contributed by atoms with E-state index in [0.29, 0.717) is 0 Å². The third kappa shape index (κ3) is 4.46. The van der Waals surface area contributed by atoms with Gasteiger partial charge in [-0.3, -0.25) is 0 Å². The molecule has 1 heterocycles. The van der Waals surface area contributed by atoms with Crippen molar-refractivity contribution in [3.05, 3.63) is 47.6 Å². The largest absolute Gasteiger partial charge is 0.339 e. The summed E-state index contributed by atoms with van der Waals surface area (Å²) in [6.45, 7) is 5.16. The van der Waals surface area contributed by atoms with E-state index in [1.165, 1.54) is 5.56 Å². The summed E-state index contributed by atoms with van der Waals surface area (Å²) in [5.74, 6) is 1.48. The van der Waals surface area contributed by atoms with Crippen LogP contribution in [-0.2, 0) is 12.8 Å². The lowest BCUT2D eigenvalue weighted by Gasteiger charge is -2.22. The lowest BCUT2D eigenvalue weighted by atomic mass is 9.84. The number of aryl methyl sites for hydroxylation is 1. The standard InChI is InChI=1S/C16H23N3O/c1-16(2,10-11-17)9-8-15-18-14(19-20-15)12-13-6-4-3-5-7-13/h3-7H,8-12,17H2,1-2H3. The molecule has 1 aromatic carbocycles. The van der Waals surface area contributed by atoms with Gasteiger partial charge in [-0.1, -0.05) is 49.3 Å². The molecule has 0 bridgehead atoms. The van der Waals surface area contributed by atoms with E-state index in [2.05, 4.69) is 36.1 Å². The van der Waals surface area contributed by atoms with Crippen molar-refractivity contribution < 1.29 is 4.52 Å². The Bertz CT molecular complexity index is 520. The Morgan fingerprint density at radius 1 is 1.15 bits per heavy atom. The minimum Gasteiger partial charge on any atom is -0.339 e. The molecule has 0 saturated heterocycles. The van der Waals surface area contributed by atoms with Crippen LogP contribution in [0.2, 0.25) is 0 Å². The summed E-state index contributed by atoms with van der Waals surface area (Å²) in [5.41, 5.74) is 7.04. The molecule has 0 aliphatic carbocycles. The van der Waals surface area contributed by atoms with Gasteiger partial charge in [-0.05, 0) is 30.4 Å². The van der Waals surface area contributed by atoms with Gasteiger partial charge in [-0.25, -0.2) is 0 Å². The van der Waals surface area contributed by atoms with Gasteiger partial charge in [-0.15, -0.1) is 0 Å². The fourth-order valence-corrected chi connectivity index (χ4v) is 2.20. The molecule has 0 radical (unpaired) electrons. The highest BCUT2D eigenvalue weighted by Gasteiger charge is 2.18. The van der Waals surface area contributed by atoms with E-state index in [-0.39, 0.29) is 5.41 Å². The Hall–Kier alpha value is -1.68. The van der Waals surface area contributed by atoms with Gasteiger partial charge in [0.2, 0.25) is 5.89 Å². The first-order chi connectivity index (χ1) is 9.59. The van der Waals surface area contributed by atoms with Crippen LogP contribution in [0.15, 0.2) is 34.9 Å². The smallest absolute Gasteiger partial charge is 0.226 e. The zero-order valence-corrected chi connectivity index (χ0v) is 12.3. The van der Waals surface area contributed by atoms with Crippen molar-refractivity contribution in [2.75, 3.05) is 6.54 Å². The van der Waals surface area contributed by atoms with Crippen molar-refractivity contribution >= 4 is 0 Å². The zero-order valence-electron chi connectivity index (χ0n) is 12.3. The first-order valence-electron chi connectivity index (χ1n) is 7.14. The minimum atomic E-state index is 0.225. The highest BCUT2D eigenvalue weighted by molar-refractivity contribution is 5.18. The van der Waals surface area contributed by atoms with Crippen LogP contribution >= 0.6 is 0 Å². The normalized spacial score (nSPS) is 11.8. The predicted octanol–water partition coefficient (Wildman–Crippen LogP) is 2.97. The molecule has 0 saturated carbocycles. The number of nitrogens with zero attached hydrogens (tertiary/aromatic N) is 2. The summed E-state index contributed by atoms with van der Waals surface area (Å²) >= 11 is 0. The van der Waals surface area contributed by atoms with Gasteiger partial charge in [0.25, 0.3) is 0 Å². The molecule has 0 unspecified atom stereocenters. The van der Waals surface area contributed by atoms with E-state index in [1.807, 2.05) is 18.2 Å². The Labute approximate surface area is 120 Å². The molecule has 2 rings (SSSR count). The molecule has 2 aromatic rings. The Morgan fingerprint density at radius 2 is 1.90 bits per heavy atom. The van der Waals surface area contributed by atoms with Crippen molar-refractivity contribution in [1.29, 1.82) is 0 Å². The van der Waals surface area contributed by atoms with Crippen LogP contribution in [0.25, 0.3) is 0 Å². The van der Waals surface area contributed by atoms with E-state index in [4.69, 9.17) is 10.3 Å². The Kier molecular flexibility index (Phi) is 4.90. The van der Waals surface area contributed by atoms with Crippen LogP contribution in [0.3, 0.4) is 0 Å². The summed E-state index contributed by atoms with van der Waals surface area (Å²) in [6, 6.07) is 10.2. The van der Waals surface area contributed by atoms with Crippen LogP contribution in [-0.4, -0.2) is 16.7 Å². The van der Waals surface area contributed by atoms with Gasteiger partial charge in [0, 0.05) is 12.8 Å². The van der Waals surface area contributed by atoms with Crippen LogP contribution < -0.4 is 5.73 Å². The SMILES string of the molecule is CC(C)(CCN)CCc1nc(Cc2ccccc2)no1. The van der Waals surface area contributed by atoms with Crippen LogP contribution in [0, 0.1) is 5.41 Å². The minimum absolute atomic E-state index is 0.225. The Balaban J connectivity index is 1.89. The first-order valence-corrected chi connectivity index (χ1v) is 7.14. The molecule has 0 fully saturated rings. The van der Waals surface area contributed by atoms with E-state index in [1.54, 1.807) is 0 Å². The maximum absolute atomic E-state index is 5.62. The first kappa shape index (κ1) is 14.7. The summed E-state index contributed by atoms with van der Waals surface area (Å²) in [4.78, 5) is 4.46. The number of hydrogen-bond acceptors (Lipinski definition) is 4. The highest BCUT2D eigenvalue weighted by atomic mass is 16.5. The number of rotatable bonds is 7. The van der Waals surface area contributed by atoms with Gasteiger partial charge < -0.3 is 10.3 Å². The maximum atomic E-state index is 5.62. The summed E-state index contributed by atoms with van der Waals surface area (Å²) in [6.07, 6.45) is 3.56. The lowest BCUT2D eigenvalue weighted by molar-refractivity contribution is 0.289. The van der Waals surface area contributed by atoms with E-state index in [0.717, 1.165) is 43.9 Å². The number of benzene rings is 1. The molecule has 4 nitrogen and oxygen atoms in total. The molecule has 0 amide bonds. The molecular formula is C16H23N3O. The highest BCUT2D eigenvalue weighted by Crippen LogP contribution is 2.25. The van der Waals surface area contributed by atoms with Gasteiger partial charge in [0.05, 0.1) is 0 Å². The molecule has 1 aromatic heterocycles.